The minimum atomic E-state index is -1.35. The van der Waals surface area contributed by atoms with Crippen molar-refractivity contribution in [3.05, 3.63) is 29.3 Å². The van der Waals surface area contributed by atoms with Gasteiger partial charge in [0.2, 0.25) is 5.82 Å². The average Bonchev–Trinajstić information content (AvgIpc) is 2.13. The fourth-order valence-electron chi connectivity index (χ4n) is 0.986. The van der Waals surface area contributed by atoms with Crippen LogP contribution in [0.1, 0.15) is 17.3 Å². The zero-order valence-electron chi connectivity index (χ0n) is 7.38. The third-order valence-corrected chi connectivity index (χ3v) is 1.57. The SMILES string of the molecule is CCOc1c(C(=O)O)ccc(F)c1F. The number of carboxylic acid groups (broad SMARTS) is 1. The van der Waals surface area contributed by atoms with Gasteiger partial charge in [0.05, 0.1) is 6.61 Å². The van der Waals surface area contributed by atoms with Crippen LogP contribution in [-0.4, -0.2) is 17.7 Å². The lowest BCUT2D eigenvalue weighted by molar-refractivity contribution is 0.0691. The normalized spacial score (nSPS) is 9.93. The van der Waals surface area contributed by atoms with Crippen LogP contribution in [0.3, 0.4) is 0 Å². The van der Waals surface area contributed by atoms with Gasteiger partial charge in [0.25, 0.3) is 0 Å². The quantitative estimate of drug-likeness (QED) is 0.815. The molecule has 0 radical (unpaired) electrons. The Bertz CT molecular complexity index is 363. The van der Waals surface area contributed by atoms with E-state index in [0.717, 1.165) is 12.1 Å². The van der Waals surface area contributed by atoms with Crippen LogP contribution in [0.2, 0.25) is 0 Å². The Balaban J connectivity index is 3.29. The van der Waals surface area contributed by atoms with Crippen molar-refractivity contribution in [2.75, 3.05) is 6.61 Å². The van der Waals surface area contributed by atoms with E-state index in [0.29, 0.717) is 0 Å². The van der Waals surface area contributed by atoms with Gasteiger partial charge in [-0.15, -0.1) is 0 Å². The van der Waals surface area contributed by atoms with E-state index in [1.54, 1.807) is 6.92 Å². The number of ether oxygens (including phenoxy) is 1. The van der Waals surface area contributed by atoms with Gasteiger partial charge in [-0.25, -0.2) is 9.18 Å². The van der Waals surface area contributed by atoms with Gasteiger partial charge in [0, 0.05) is 0 Å². The Kier molecular flexibility index (Phi) is 3.01. The van der Waals surface area contributed by atoms with Gasteiger partial charge in [-0.3, -0.25) is 0 Å². The second kappa shape index (κ2) is 4.04. The lowest BCUT2D eigenvalue weighted by atomic mass is 10.2. The third-order valence-electron chi connectivity index (χ3n) is 1.57. The highest BCUT2D eigenvalue weighted by atomic mass is 19.2. The molecule has 14 heavy (non-hydrogen) atoms. The van der Waals surface area contributed by atoms with Crippen LogP contribution in [0, 0.1) is 11.6 Å². The molecule has 1 rings (SSSR count). The largest absolute Gasteiger partial charge is 0.490 e. The van der Waals surface area contributed by atoms with E-state index in [4.69, 9.17) is 9.84 Å². The first-order chi connectivity index (χ1) is 6.57. The molecule has 0 aliphatic carbocycles. The Morgan fingerprint density at radius 1 is 1.50 bits per heavy atom. The highest BCUT2D eigenvalue weighted by molar-refractivity contribution is 5.90. The van der Waals surface area contributed by atoms with E-state index in [1.807, 2.05) is 0 Å². The molecule has 0 saturated carbocycles. The predicted octanol–water partition coefficient (Wildman–Crippen LogP) is 2.06. The standard InChI is InChI=1S/C9H8F2O3/c1-2-14-8-5(9(12)13)3-4-6(10)7(8)11/h3-4H,2H2,1H3,(H,12,13). The van der Waals surface area contributed by atoms with E-state index in [2.05, 4.69) is 0 Å². The van der Waals surface area contributed by atoms with E-state index in [9.17, 15) is 13.6 Å². The van der Waals surface area contributed by atoms with Crippen molar-refractivity contribution in [2.45, 2.75) is 6.92 Å². The van der Waals surface area contributed by atoms with Crippen molar-refractivity contribution < 1.29 is 23.4 Å². The van der Waals surface area contributed by atoms with Gasteiger partial charge in [-0.05, 0) is 19.1 Å². The minimum absolute atomic E-state index is 0.0701. The first-order valence-corrected chi connectivity index (χ1v) is 3.92. The second-order valence-corrected chi connectivity index (χ2v) is 2.48. The van der Waals surface area contributed by atoms with Gasteiger partial charge in [-0.1, -0.05) is 0 Å². The number of carboxylic acids is 1. The summed E-state index contributed by atoms with van der Waals surface area (Å²) in [5, 5.41) is 8.64. The van der Waals surface area contributed by atoms with Crippen molar-refractivity contribution in [1.82, 2.24) is 0 Å². The van der Waals surface area contributed by atoms with E-state index >= 15 is 0 Å². The van der Waals surface area contributed by atoms with Crippen LogP contribution in [0.15, 0.2) is 12.1 Å². The molecule has 76 valence electrons. The van der Waals surface area contributed by atoms with Gasteiger partial charge in [-0.2, -0.15) is 4.39 Å². The summed E-state index contributed by atoms with van der Waals surface area (Å²) in [4.78, 5) is 10.6. The molecule has 0 aliphatic heterocycles. The van der Waals surface area contributed by atoms with Crippen LogP contribution in [0.5, 0.6) is 5.75 Å². The van der Waals surface area contributed by atoms with Crippen LogP contribution in [0.25, 0.3) is 0 Å². The topological polar surface area (TPSA) is 46.5 Å². The molecule has 0 amide bonds. The summed E-state index contributed by atoms with van der Waals surface area (Å²) in [6.45, 7) is 1.62. The fourth-order valence-corrected chi connectivity index (χ4v) is 0.986. The highest BCUT2D eigenvalue weighted by Gasteiger charge is 2.18. The number of hydrogen-bond acceptors (Lipinski definition) is 2. The average molecular weight is 202 g/mol. The summed E-state index contributed by atoms with van der Waals surface area (Å²) in [6.07, 6.45) is 0. The minimum Gasteiger partial charge on any atom is -0.490 e. The predicted molar refractivity (Wildman–Crippen MR) is 44.5 cm³/mol. The summed E-state index contributed by atoms with van der Waals surface area (Å²) < 4.78 is 30.5. The molecular formula is C9H8F2O3. The maximum absolute atomic E-state index is 13.0. The van der Waals surface area contributed by atoms with E-state index < -0.39 is 23.4 Å². The lowest BCUT2D eigenvalue weighted by Gasteiger charge is -2.08. The number of aromatic carboxylic acids is 1. The Labute approximate surface area is 78.9 Å². The van der Waals surface area contributed by atoms with Crippen LogP contribution in [0.4, 0.5) is 8.78 Å². The number of carbonyl (C=O) groups is 1. The van der Waals surface area contributed by atoms with Gasteiger partial charge >= 0.3 is 5.97 Å². The first-order valence-electron chi connectivity index (χ1n) is 3.92. The summed E-state index contributed by atoms with van der Waals surface area (Å²) in [7, 11) is 0. The molecule has 0 aromatic heterocycles. The summed E-state index contributed by atoms with van der Waals surface area (Å²) in [5.74, 6) is -4.31. The summed E-state index contributed by atoms with van der Waals surface area (Å²) in [5.41, 5.74) is -0.384. The summed E-state index contributed by atoms with van der Waals surface area (Å²) in [6, 6.07) is 1.72. The van der Waals surface area contributed by atoms with Crippen molar-refractivity contribution in [3.8, 4) is 5.75 Å². The maximum atomic E-state index is 13.0. The zero-order valence-corrected chi connectivity index (χ0v) is 7.38. The van der Waals surface area contributed by atoms with Gasteiger partial charge < -0.3 is 9.84 Å². The molecule has 0 spiro atoms. The van der Waals surface area contributed by atoms with Crippen LogP contribution >= 0.6 is 0 Å². The molecule has 1 aromatic rings. The maximum Gasteiger partial charge on any atom is 0.339 e. The van der Waals surface area contributed by atoms with Crippen molar-refractivity contribution in [1.29, 1.82) is 0 Å². The molecule has 0 atom stereocenters. The van der Waals surface area contributed by atoms with Crippen molar-refractivity contribution in [2.24, 2.45) is 0 Å². The fraction of sp³-hybridized carbons (Fsp3) is 0.222. The van der Waals surface area contributed by atoms with Crippen molar-refractivity contribution >= 4 is 5.97 Å². The molecule has 0 unspecified atom stereocenters. The van der Waals surface area contributed by atoms with E-state index in [-0.39, 0.29) is 12.2 Å². The smallest absolute Gasteiger partial charge is 0.339 e. The molecule has 0 saturated heterocycles. The summed E-state index contributed by atoms with van der Waals surface area (Å²) >= 11 is 0. The van der Waals surface area contributed by atoms with Crippen molar-refractivity contribution in [3.63, 3.8) is 0 Å². The Morgan fingerprint density at radius 2 is 2.14 bits per heavy atom. The molecular weight excluding hydrogens is 194 g/mol. The first kappa shape index (κ1) is 10.4. The molecule has 1 aromatic carbocycles. The second-order valence-electron chi connectivity index (χ2n) is 2.48. The van der Waals surface area contributed by atoms with E-state index in [1.165, 1.54) is 0 Å². The number of rotatable bonds is 3. The molecule has 5 heteroatoms. The van der Waals surface area contributed by atoms with Gasteiger partial charge in [0.15, 0.2) is 11.6 Å². The van der Waals surface area contributed by atoms with Crippen LogP contribution < -0.4 is 4.74 Å². The Hall–Kier alpha value is -1.65. The third kappa shape index (κ3) is 1.81. The van der Waals surface area contributed by atoms with Crippen LogP contribution in [-0.2, 0) is 0 Å². The number of benzene rings is 1. The zero-order chi connectivity index (χ0) is 10.7. The van der Waals surface area contributed by atoms with Gasteiger partial charge in [0.1, 0.15) is 5.56 Å². The molecule has 1 N–H and O–H groups in total. The molecule has 0 bridgehead atoms. The number of hydrogen-bond donors (Lipinski definition) is 1. The lowest BCUT2D eigenvalue weighted by Crippen LogP contribution is -2.06. The molecule has 3 nitrogen and oxygen atoms in total. The molecule has 0 fully saturated rings. The highest BCUT2D eigenvalue weighted by Crippen LogP contribution is 2.25. The molecule has 0 heterocycles. The monoisotopic (exact) mass is 202 g/mol. The molecule has 0 aliphatic rings. The number of halogens is 2. The Morgan fingerprint density at radius 3 is 2.64 bits per heavy atom.